The van der Waals surface area contributed by atoms with Crippen LogP contribution in [-0.4, -0.2) is 15.4 Å². The average Bonchev–Trinajstić information content (AvgIpc) is 2.39. The lowest BCUT2D eigenvalue weighted by Crippen LogP contribution is -1.88. The van der Waals surface area contributed by atoms with Crippen LogP contribution in [0.2, 0.25) is 0 Å². The zero-order valence-corrected chi connectivity index (χ0v) is 10.1. The summed E-state index contributed by atoms with van der Waals surface area (Å²) < 4.78 is 0. The Morgan fingerprint density at radius 2 is 1.83 bits per heavy atom. The van der Waals surface area contributed by atoms with Crippen molar-refractivity contribution in [3.05, 3.63) is 58.1 Å². The number of benzene rings is 2. The molecule has 2 aromatic rings. The van der Waals surface area contributed by atoms with Crippen LogP contribution in [0.1, 0.15) is 5.56 Å². The quantitative estimate of drug-likeness (QED) is 0.521. The second kappa shape index (κ2) is 4.93. The SMILES string of the molecule is O=[N+]([O-])c1ccc(-c2cc(C=S)ccc2O)cc1. The Balaban J connectivity index is 2.48. The minimum atomic E-state index is -0.461. The van der Waals surface area contributed by atoms with Crippen LogP contribution in [0, 0.1) is 10.1 Å². The lowest BCUT2D eigenvalue weighted by molar-refractivity contribution is -0.384. The summed E-state index contributed by atoms with van der Waals surface area (Å²) in [6.07, 6.45) is 0. The Labute approximate surface area is 109 Å². The third-order valence-electron chi connectivity index (χ3n) is 2.55. The molecule has 0 fully saturated rings. The second-order valence-corrected chi connectivity index (χ2v) is 3.93. The van der Waals surface area contributed by atoms with E-state index in [4.69, 9.17) is 12.2 Å². The Hall–Kier alpha value is -2.27. The highest BCUT2D eigenvalue weighted by molar-refractivity contribution is 7.79. The standard InChI is InChI=1S/C13H9NO3S/c15-13-6-1-9(8-18)7-12(13)10-2-4-11(5-3-10)14(16)17/h1-8,15H. The molecular formula is C13H9NO3S. The molecule has 0 saturated carbocycles. The van der Waals surface area contributed by atoms with Crippen molar-refractivity contribution in [3.63, 3.8) is 0 Å². The van der Waals surface area contributed by atoms with Gasteiger partial charge in [-0.05, 0) is 35.4 Å². The van der Waals surface area contributed by atoms with Crippen LogP contribution in [0.4, 0.5) is 5.69 Å². The molecular weight excluding hydrogens is 250 g/mol. The number of aromatic hydroxyl groups is 1. The molecule has 18 heavy (non-hydrogen) atoms. The molecule has 0 aliphatic heterocycles. The van der Waals surface area contributed by atoms with E-state index in [1.54, 1.807) is 30.3 Å². The van der Waals surface area contributed by atoms with Crippen LogP contribution in [0.15, 0.2) is 42.5 Å². The van der Waals surface area contributed by atoms with Gasteiger partial charge in [0.2, 0.25) is 0 Å². The number of hydrogen-bond donors (Lipinski definition) is 1. The minimum Gasteiger partial charge on any atom is -0.507 e. The van der Waals surface area contributed by atoms with Crippen LogP contribution in [0.3, 0.4) is 0 Å². The first-order valence-corrected chi connectivity index (χ1v) is 5.62. The molecule has 2 aromatic carbocycles. The highest BCUT2D eigenvalue weighted by Gasteiger charge is 2.08. The van der Waals surface area contributed by atoms with Gasteiger partial charge in [-0.1, -0.05) is 18.3 Å². The van der Waals surface area contributed by atoms with Gasteiger partial charge < -0.3 is 5.11 Å². The summed E-state index contributed by atoms with van der Waals surface area (Å²) >= 11 is 4.83. The number of nitro benzene ring substituents is 1. The molecule has 0 aliphatic rings. The van der Waals surface area contributed by atoms with E-state index in [-0.39, 0.29) is 11.4 Å². The van der Waals surface area contributed by atoms with Gasteiger partial charge in [-0.15, -0.1) is 0 Å². The van der Waals surface area contributed by atoms with E-state index in [0.717, 1.165) is 5.56 Å². The maximum atomic E-state index is 10.6. The molecule has 0 saturated heterocycles. The Morgan fingerprint density at radius 3 is 2.39 bits per heavy atom. The lowest BCUT2D eigenvalue weighted by atomic mass is 10.0. The predicted octanol–water partition coefficient (Wildman–Crippen LogP) is 3.32. The maximum Gasteiger partial charge on any atom is 0.269 e. The molecule has 0 amide bonds. The van der Waals surface area contributed by atoms with Crippen LogP contribution in [-0.2, 0) is 0 Å². The molecule has 4 nitrogen and oxygen atoms in total. The molecule has 5 heteroatoms. The van der Waals surface area contributed by atoms with Crippen molar-refractivity contribution in [2.45, 2.75) is 0 Å². The largest absolute Gasteiger partial charge is 0.507 e. The number of nitro groups is 1. The number of phenolic OH excluding ortho intramolecular Hbond substituents is 1. The van der Waals surface area contributed by atoms with E-state index < -0.39 is 4.92 Å². The predicted molar refractivity (Wildman–Crippen MR) is 73.0 cm³/mol. The number of nitrogens with zero attached hydrogens (tertiary/aromatic N) is 1. The first kappa shape index (κ1) is 12.2. The zero-order valence-electron chi connectivity index (χ0n) is 9.24. The van der Waals surface area contributed by atoms with Gasteiger partial charge in [-0.25, -0.2) is 0 Å². The molecule has 0 heterocycles. The van der Waals surface area contributed by atoms with Crippen molar-refractivity contribution in [1.29, 1.82) is 0 Å². The van der Waals surface area contributed by atoms with Gasteiger partial charge >= 0.3 is 0 Å². The molecule has 0 bridgehead atoms. The summed E-state index contributed by atoms with van der Waals surface area (Å²) in [5.41, 5.74) is 2.13. The van der Waals surface area contributed by atoms with Gasteiger partial charge in [0.25, 0.3) is 5.69 Å². The van der Waals surface area contributed by atoms with E-state index in [2.05, 4.69) is 0 Å². The summed E-state index contributed by atoms with van der Waals surface area (Å²) in [7, 11) is 0. The number of hydrogen-bond acceptors (Lipinski definition) is 4. The molecule has 0 atom stereocenters. The smallest absolute Gasteiger partial charge is 0.269 e. The number of rotatable bonds is 3. The summed E-state index contributed by atoms with van der Waals surface area (Å²) in [5.74, 6) is 0.115. The zero-order chi connectivity index (χ0) is 13.1. The second-order valence-electron chi connectivity index (χ2n) is 3.70. The molecule has 90 valence electrons. The molecule has 1 N–H and O–H groups in total. The van der Waals surface area contributed by atoms with Crippen molar-refractivity contribution in [1.82, 2.24) is 0 Å². The molecule has 0 aliphatic carbocycles. The van der Waals surface area contributed by atoms with E-state index in [1.165, 1.54) is 17.5 Å². The van der Waals surface area contributed by atoms with Crippen molar-refractivity contribution < 1.29 is 10.0 Å². The van der Waals surface area contributed by atoms with Gasteiger partial charge in [0.15, 0.2) is 0 Å². The monoisotopic (exact) mass is 259 g/mol. The maximum absolute atomic E-state index is 10.6. The van der Waals surface area contributed by atoms with Crippen molar-refractivity contribution in [2.24, 2.45) is 0 Å². The fourth-order valence-corrected chi connectivity index (χ4v) is 1.77. The fourth-order valence-electron chi connectivity index (χ4n) is 1.62. The number of phenols is 1. The number of non-ortho nitro benzene ring substituents is 1. The average molecular weight is 259 g/mol. The van der Waals surface area contributed by atoms with Gasteiger partial charge in [0, 0.05) is 23.1 Å². The highest BCUT2D eigenvalue weighted by atomic mass is 32.1. The number of thiocarbonyl (C=S) groups is 1. The third kappa shape index (κ3) is 2.36. The van der Waals surface area contributed by atoms with Crippen molar-refractivity contribution in [3.8, 4) is 16.9 Å². The normalized spacial score (nSPS) is 10.0. The Bertz CT molecular complexity index is 608. The molecule has 0 unspecified atom stereocenters. The third-order valence-corrected chi connectivity index (χ3v) is 2.82. The van der Waals surface area contributed by atoms with E-state index >= 15 is 0 Å². The Morgan fingerprint density at radius 1 is 1.17 bits per heavy atom. The van der Waals surface area contributed by atoms with Crippen LogP contribution >= 0.6 is 12.2 Å². The highest BCUT2D eigenvalue weighted by Crippen LogP contribution is 2.30. The van der Waals surface area contributed by atoms with Gasteiger partial charge in [0.05, 0.1) is 4.92 Å². The lowest BCUT2D eigenvalue weighted by Gasteiger charge is -2.05. The van der Waals surface area contributed by atoms with Crippen molar-refractivity contribution in [2.75, 3.05) is 0 Å². The summed E-state index contributed by atoms with van der Waals surface area (Å²) in [5, 5.41) is 21.8. The van der Waals surface area contributed by atoms with Gasteiger partial charge in [0.1, 0.15) is 5.75 Å². The van der Waals surface area contributed by atoms with Gasteiger partial charge in [-0.3, -0.25) is 10.1 Å². The van der Waals surface area contributed by atoms with Crippen LogP contribution < -0.4 is 0 Å². The molecule has 0 radical (unpaired) electrons. The van der Waals surface area contributed by atoms with Crippen LogP contribution in [0.5, 0.6) is 5.75 Å². The first-order chi connectivity index (χ1) is 8.61. The van der Waals surface area contributed by atoms with E-state index in [1.807, 2.05) is 0 Å². The first-order valence-electron chi connectivity index (χ1n) is 5.15. The topological polar surface area (TPSA) is 63.4 Å². The van der Waals surface area contributed by atoms with Crippen molar-refractivity contribution >= 4 is 23.3 Å². The van der Waals surface area contributed by atoms with Crippen LogP contribution in [0.25, 0.3) is 11.1 Å². The Kier molecular flexibility index (Phi) is 3.34. The molecule has 2 rings (SSSR count). The van der Waals surface area contributed by atoms with E-state index in [9.17, 15) is 15.2 Å². The summed E-state index contributed by atoms with van der Waals surface area (Å²) in [4.78, 5) is 10.1. The fraction of sp³-hybridized carbons (Fsp3) is 0. The van der Waals surface area contributed by atoms with E-state index in [0.29, 0.717) is 11.1 Å². The minimum absolute atomic E-state index is 0.0178. The van der Waals surface area contributed by atoms with Gasteiger partial charge in [-0.2, -0.15) is 0 Å². The molecule has 0 aromatic heterocycles. The molecule has 0 spiro atoms. The summed E-state index contributed by atoms with van der Waals surface area (Å²) in [6.45, 7) is 0. The summed E-state index contributed by atoms with van der Waals surface area (Å²) in [6, 6.07) is 11.0.